The van der Waals surface area contributed by atoms with E-state index in [0.717, 1.165) is 32.1 Å². The molecule has 4 rings (SSSR count). The second kappa shape index (κ2) is 11.5. The van der Waals surface area contributed by atoms with Crippen LogP contribution in [0.5, 0.6) is 0 Å². The van der Waals surface area contributed by atoms with E-state index < -0.39 is 17.7 Å². The Kier molecular flexibility index (Phi) is 9.38. The molecule has 0 radical (unpaired) electrons. The molecular formula is C22H25F2N5O2Os-2. The number of aliphatic hydroxyl groups is 1. The zero-order valence-corrected chi connectivity index (χ0v) is 20.6. The molecule has 174 valence electrons. The maximum absolute atomic E-state index is 14.8. The van der Waals surface area contributed by atoms with Gasteiger partial charge in [0.2, 0.25) is 5.95 Å². The van der Waals surface area contributed by atoms with Crippen LogP contribution in [0.15, 0.2) is 24.4 Å². The fourth-order valence-electron chi connectivity index (χ4n) is 3.64. The van der Waals surface area contributed by atoms with Gasteiger partial charge in [0.25, 0.3) is 0 Å². The number of nitrogens with one attached hydrogen (secondary N) is 1. The van der Waals surface area contributed by atoms with Crippen LogP contribution in [0.1, 0.15) is 37.1 Å². The van der Waals surface area contributed by atoms with E-state index in [1.165, 1.54) is 6.07 Å². The molecule has 2 N–H and O–H groups in total. The quantitative estimate of drug-likeness (QED) is 0.414. The number of aryl methyl sites for hydroxylation is 1. The number of aromatic nitrogens is 3. The van der Waals surface area contributed by atoms with E-state index in [0.29, 0.717) is 41.1 Å². The third-order valence-corrected chi connectivity index (χ3v) is 5.10. The number of fused-ring (bicyclic) bond motifs is 1. The van der Waals surface area contributed by atoms with Gasteiger partial charge in [0, 0.05) is 22.7 Å². The van der Waals surface area contributed by atoms with Crippen LogP contribution in [0.25, 0.3) is 27.5 Å². The molecular weight excluding hydrogens is 595 g/mol. The fraction of sp³-hybridized carbons (Fsp3) is 0.364. The van der Waals surface area contributed by atoms with Crippen LogP contribution in [0.4, 0.5) is 14.7 Å². The molecule has 7 nitrogen and oxygen atoms in total. The van der Waals surface area contributed by atoms with Crippen LogP contribution in [0, 0.1) is 26.0 Å². The Morgan fingerprint density at radius 1 is 1.16 bits per heavy atom. The molecule has 1 unspecified atom stereocenters. The summed E-state index contributed by atoms with van der Waals surface area (Å²) in [7, 11) is 0. The minimum absolute atomic E-state index is 0. The average molecular weight is 620 g/mol. The third kappa shape index (κ3) is 5.74. The van der Waals surface area contributed by atoms with Gasteiger partial charge < -0.3 is 23.2 Å². The number of nitrogens with zero attached hydrogens (tertiary/aromatic N) is 4. The fourth-order valence-corrected chi connectivity index (χ4v) is 3.64. The summed E-state index contributed by atoms with van der Waals surface area (Å²) in [5.41, 5.74) is 1.54. The standard InChI is InChI=1S/C21H22F2N5O.CH3.O.Os/c1-11-7-15(12(2)29)16-8-13(9-17(22)20(16)26-11)19-18(23)10-25-21(28-19)27-14-3-5-24-6-4-14;;;/h7-10,12,14,29H,3-6H2,1-2H3,(H,25,27,28);1H3;;/q2*-1;;. The Morgan fingerprint density at radius 2 is 1.84 bits per heavy atom. The molecule has 1 saturated heterocycles. The first-order chi connectivity index (χ1) is 14.9. The van der Waals surface area contributed by atoms with Gasteiger partial charge >= 0.3 is 22.1 Å². The number of benzene rings is 1. The van der Waals surface area contributed by atoms with E-state index in [1.54, 1.807) is 26.0 Å². The summed E-state index contributed by atoms with van der Waals surface area (Å²) in [6, 6.07) is 4.71. The number of hydrogen-bond donors (Lipinski definition) is 2. The summed E-state index contributed by atoms with van der Waals surface area (Å²) >= 11 is 0.611. The van der Waals surface area contributed by atoms with Crippen LogP contribution in [0.2, 0.25) is 0 Å². The minimum atomic E-state index is -0.821. The first-order valence-electron chi connectivity index (χ1n) is 9.78. The zero-order valence-electron chi connectivity index (χ0n) is 18.0. The molecule has 2 aromatic heterocycles. The van der Waals surface area contributed by atoms with Crippen molar-refractivity contribution < 1.29 is 36.0 Å². The van der Waals surface area contributed by atoms with E-state index >= 15 is 0 Å². The number of anilines is 1. The predicted octanol–water partition coefficient (Wildman–Crippen LogP) is 4.61. The van der Waals surface area contributed by atoms with E-state index in [2.05, 4.69) is 25.6 Å². The average Bonchev–Trinajstić information content (AvgIpc) is 2.77. The molecule has 10 heteroatoms. The zero-order chi connectivity index (χ0) is 22.5. The van der Waals surface area contributed by atoms with Crippen molar-refractivity contribution in [2.75, 3.05) is 18.4 Å². The summed E-state index contributed by atoms with van der Waals surface area (Å²) in [4.78, 5) is 12.6. The molecule has 3 heterocycles. The van der Waals surface area contributed by atoms with E-state index in [4.69, 9.17) is 3.54 Å². The van der Waals surface area contributed by atoms with Crippen LogP contribution in [-0.4, -0.2) is 39.2 Å². The monoisotopic (exact) mass is 621 g/mol. The van der Waals surface area contributed by atoms with E-state index in [9.17, 15) is 13.9 Å². The first-order valence-corrected chi connectivity index (χ1v) is 10.8. The van der Waals surface area contributed by atoms with Gasteiger partial charge in [0.1, 0.15) is 17.0 Å². The summed E-state index contributed by atoms with van der Waals surface area (Å²) < 4.78 is 37.6. The van der Waals surface area contributed by atoms with E-state index in [-0.39, 0.29) is 30.2 Å². The second-order valence-electron chi connectivity index (χ2n) is 7.36. The normalized spacial score (nSPS) is 14.8. The Morgan fingerprint density at radius 3 is 2.50 bits per heavy atom. The molecule has 32 heavy (non-hydrogen) atoms. The van der Waals surface area contributed by atoms with Crippen molar-refractivity contribution in [2.24, 2.45) is 0 Å². The summed E-state index contributed by atoms with van der Waals surface area (Å²) in [6.07, 6.45) is 1.99. The predicted molar refractivity (Wildman–Crippen MR) is 115 cm³/mol. The van der Waals surface area contributed by atoms with Crippen LogP contribution < -0.4 is 5.32 Å². The number of pyridine rings is 1. The number of rotatable bonds is 4. The molecule has 1 aromatic carbocycles. The molecule has 1 aliphatic heterocycles. The molecule has 1 atom stereocenters. The molecule has 3 aromatic rings. The van der Waals surface area contributed by atoms with Crippen molar-refractivity contribution in [3.63, 3.8) is 0 Å². The Balaban J connectivity index is 0.00000118. The van der Waals surface area contributed by atoms with Crippen molar-refractivity contribution in [1.29, 1.82) is 0 Å². The van der Waals surface area contributed by atoms with Gasteiger partial charge in [-0.25, -0.2) is 18.7 Å². The van der Waals surface area contributed by atoms with Gasteiger partial charge in [-0.3, -0.25) is 4.98 Å². The number of aliphatic hydroxyl groups excluding tert-OH is 1. The van der Waals surface area contributed by atoms with Gasteiger partial charge in [-0.05, 0) is 37.6 Å². The van der Waals surface area contributed by atoms with Crippen molar-refractivity contribution in [3.05, 3.63) is 60.0 Å². The second-order valence-corrected chi connectivity index (χ2v) is 7.36. The molecule has 1 aliphatic rings. The topological polar surface area (TPSA) is 102 Å². The van der Waals surface area contributed by atoms with Crippen molar-refractivity contribution in [2.45, 2.75) is 38.8 Å². The molecule has 0 aliphatic carbocycles. The molecule has 0 bridgehead atoms. The SMILES string of the molecule is Cc1cc(C(C)O)c2cc(-c3nc(NC4CC[N-]CC4)ncc3F)cc(F)c2n1.[CH3-].[O]=[Os]. The van der Waals surface area contributed by atoms with Gasteiger partial charge in [-0.2, -0.15) is 0 Å². The first kappa shape index (κ1) is 26.0. The van der Waals surface area contributed by atoms with Crippen LogP contribution >= 0.6 is 0 Å². The molecule has 0 saturated carbocycles. The van der Waals surface area contributed by atoms with Crippen molar-refractivity contribution in [1.82, 2.24) is 15.0 Å². The van der Waals surface area contributed by atoms with Crippen molar-refractivity contribution >= 4 is 16.9 Å². The number of piperidine rings is 1. The summed E-state index contributed by atoms with van der Waals surface area (Å²) in [5.74, 6) is -0.942. The number of hydrogen-bond acceptors (Lipinski definition) is 6. The van der Waals surface area contributed by atoms with Crippen molar-refractivity contribution in [3.8, 4) is 11.3 Å². The van der Waals surface area contributed by atoms with Gasteiger partial charge in [-0.1, -0.05) is 12.8 Å². The summed E-state index contributed by atoms with van der Waals surface area (Å²) in [5, 5.41) is 18.1. The molecule has 1 fully saturated rings. The number of halogens is 2. The third-order valence-electron chi connectivity index (χ3n) is 5.10. The Labute approximate surface area is 196 Å². The molecule has 0 spiro atoms. The van der Waals surface area contributed by atoms with E-state index in [1.807, 2.05) is 0 Å². The molecule has 0 amide bonds. The maximum atomic E-state index is 14.8. The van der Waals surface area contributed by atoms with Gasteiger partial charge in [0.15, 0.2) is 5.82 Å². The van der Waals surface area contributed by atoms with Gasteiger partial charge in [0.05, 0.1) is 12.3 Å². The van der Waals surface area contributed by atoms with Crippen LogP contribution in [0.3, 0.4) is 0 Å². The van der Waals surface area contributed by atoms with Gasteiger partial charge in [-0.15, -0.1) is 13.1 Å². The van der Waals surface area contributed by atoms with Crippen LogP contribution in [-0.2, 0) is 22.1 Å². The summed E-state index contributed by atoms with van der Waals surface area (Å²) in [6.45, 7) is 4.88. The Hall–Kier alpha value is -2.27. The Bertz CT molecular complexity index is 1080.